The number of nitro groups is 1. The van der Waals surface area contributed by atoms with Gasteiger partial charge in [-0.3, -0.25) is 14.9 Å². The van der Waals surface area contributed by atoms with Gasteiger partial charge < -0.3 is 4.42 Å². The number of Topliss-reactive ketones (excluding diaryl/α,β-unsaturated/α-hetero) is 1. The van der Waals surface area contributed by atoms with E-state index in [-0.39, 0.29) is 22.8 Å². The number of aryl methyl sites for hydroxylation is 1. The summed E-state index contributed by atoms with van der Waals surface area (Å²) in [4.78, 5) is 22.3. The maximum atomic E-state index is 12.1. The number of nitro benzene ring substituents is 1. The van der Waals surface area contributed by atoms with E-state index >= 15 is 0 Å². The number of carbonyl (C=O) groups is 1. The molecule has 9 heteroatoms. The third-order valence-electron chi connectivity index (χ3n) is 2.54. The first-order valence-electron chi connectivity index (χ1n) is 5.93. The Morgan fingerprint density at radius 2 is 2.24 bits per heavy atom. The summed E-state index contributed by atoms with van der Waals surface area (Å²) in [6.07, 6.45) is 0.623. The zero-order chi connectivity index (χ0) is 15.4. The van der Waals surface area contributed by atoms with Gasteiger partial charge in [0.1, 0.15) is 0 Å². The standard InChI is InChI=1S/C12H10BrN3O4S/c1-2-11-14-15-12(20-11)21-6-10(17)8-5-7(16(18)19)3-4-9(8)13/h3-5H,2,6H2,1H3. The molecule has 2 aromatic rings. The molecular weight excluding hydrogens is 362 g/mol. The van der Waals surface area contributed by atoms with Crippen LogP contribution in [0, 0.1) is 10.1 Å². The van der Waals surface area contributed by atoms with Gasteiger partial charge in [0.2, 0.25) is 5.89 Å². The molecule has 0 spiro atoms. The Kier molecular flexibility index (Phi) is 5.07. The molecule has 2 rings (SSSR count). The van der Waals surface area contributed by atoms with Crippen molar-refractivity contribution in [3.63, 3.8) is 0 Å². The number of nitrogens with zero attached hydrogens (tertiary/aromatic N) is 3. The topological polar surface area (TPSA) is 99.1 Å². The molecule has 0 saturated heterocycles. The number of carbonyl (C=O) groups excluding carboxylic acids is 1. The fraction of sp³-hybridized carbons (Fsp3) is 0.250. The zero-order valence-corrected chi connectivity index (χ0v) is 13.3. The maximum Gasteiger partial charge on any atom is 0.277 e. The van der Waals surface area contributed by atoms with E-state index in [1.54, 1.807) is 0 Å². The quantitative estimate of drug-likeness (QED) is 0.332. The van der Waals surface area contributed by atoms with Crippen molar-refractivity contribution in [3.8, 4) is 0 Å². The minimum Gasteiger partial charge on any atom is -0.416 e. The lowest BCUT2D eigenvalue weighted by molar-refractivity contribution is -0.384. The molecule has 0 fully saturated rings. The van der Waals surface area contributed by atoms with Crippen molar-refractivity contribution in [2.24, 2.45) is 0 Å². The molecule has 0 bridgehead atoms. The minimum absolute atomic E-state index is 0.0606. The molecule has 0 radical (unpaired) electrons. The number of benzene rings is 1. The molecule has 1 heterocycles. The number of thioether (sulfide) groups is 1. The van der Waals surface area contributed by atoms with E-state index in [0.717, 1.165) is 11.8 Å². The lowest BCUT2D eigenvalue weighted by Crippen LogP contribution is -2.04. The smallest absolute Gasteiger partial charge is 0.277 e. The highest BCUT2D eigenvalue weighted by atomic mass is 79.9. The van der Waals surface area contributed by atoms with E-state index in [0.29, 0.717) is 22.0 Å². The number of halogens is 1. The number of hydrogen-bond donors (Lipinski definition) is 0. The average Bonchev–Trinajstić information content (AvgIpc) is 2.93. The van der Waals surface area contributed by atoms with Crippen LogP contribution in [0.1, 0.15) is 23.2 Å². The molecule has 1 aromatic heterocycles. The van der Waals surface area contributed by atoms with Crippen molar-refractivity contribution in [3.05, 3.63) is 44.2 Å². The first-order valence-corrected chi connectivity index (χ1v) is 7.71. The first-order chi connectivity index (χ1) is 10.0. The van der Waals surface area contributed by atoms with Crippen molar-refractivity contribution in [1.29, 1.82) is 0 Å². The summed E-state index contributed by atoms with van der Waals surface area (Å²) in [5, 5.41) is 18.6. The third-order valence-corrected chi connectivity index (χ3v) is 4.05. The lowest BCUT2D eigenvalue weighted by atomic mass is 10.1. The SMILES string of the molecule is CCc1nnc(SCC(=O)c2cc([N+](=O)[O-])ccc2Br)o1. The summed E-state index contributed by atoms with van der Waals surface area (Å²) in [5.41, 5.74) is 0.129. The molecule has 7 nitrogen and oxygen atoms in total. The summed E-state index contributed by atoms with van der Waals surface area (Å²) in [5.74, 6) is 0.304. The summed E-state index contributed by atoms with van der Waals surface area (Å²) in [6.45, 7) is 1.88. The van der Waals surface area contributed by atoms with Crippen LogP contribution >= 0.6 is 27.7 Å². The first kappa shape index (κ1) is 15.6. The molecule has 0 atom stereocenters. The van der Waals surface area contributed by atoms with Gasteiger partial charge in [0.05, 0.1) is 10.7 Å². The Balaban J connectivity index is 2.09. The van der Waals surface area contributed by atoms with E-state index < -0.39 is 4.92 Å². The molecule has 0 N–H and O–H groups in total. The highest BCUT2D eigenvalue weighted by Gasteiger charge is 2.17. The number of ketones is 1. The van der Waals surface area contributed by atoms with Crippen LogP contribution in [-0.4, -0.2) is 26.7 Å². The van der Waals surface area contributed by atoms with Gasteiger partial charge in [0, 0.05) is 28.6 Å². The van der Waals surface area contributed by atoms with Gasteiger partial charge in [0.15, 0.2) is 5.78 Å². The fourth-order valence-electron chi connectivity index (χ4n) is 1.48. The van der Waals surface area contributed by atoms with E-state index in [1.165, 1.54) is 18.2 Å². The molecule has 110 valence electrons. The van der Waals surface area contributed by atoms with Crippen LogP contribution in [0.3, 0.4) is 0 Å². The summed E-state index contributed by atoms with van der Waals surface area (Å²) in [6, 6.07) is 4.07. The molecule has 0 aliphatic rings. The van der Waals surface area contributed by atoms with Crippen LogP contribution < -0.4 is 0 Å². The molecule has 21 heavy (non-hydrogen) atoms. The summed E-state index contributed by atoms with van der Waals surface area (Å²) in [7, 11) is 0. The second-order valence-corrected chi connectivity index (χ2v) is 5.73. The predicted molar refractivity (Wildman–Crippen MR) is 79.5 cm³/mol. The van der Waals surface area contributed by atoms with Crippen molar-refractivity contribution >= 4 is 39.2 Å². The van der Waals surface area contributed by atoms with Crippen LogP contribution in [-0.2, 0) is 6.42 Å². The number of hydrogen-bond acceptors (Lipinski definition) is 7. The second kappa shape index (κ2) is 6.81. The number of non-ortho nitro benzene ring substituents is 1. The molecule has 0 saturated carbocycles. The Labute approximate surface area is 132 Å². The highest BCUT2D eigenvalue weighted by molar-refractivity contribution is 9.10. The van der Waals surface area contributed by atoms with Gasteiger partial charge in [0.25, 0.3) is 10.9 Å². The normalized spacial score (nSPS) is 10.6. The predicted octanol–water partition coefficient (Wildman–Crippen LogP) is 3.28. The zero-order valence-electron chi connectivity index (χ0n) is 10.9. The van der Waals surface area contributed by atoms with Crippen LogP contribution in [0.5, 0.6) is 0 Å². The van der Waals surface area contributed by atoms with E-state index in [9.17, 15) is 14.9 Å². The van der Waals surface area contributed by atoms with Crippen LogP contribution in [0.25, 0.3) is 0 Å². The van der Waals surface area contributed by atoms with Gasteiger partial charge in [-0.2, -0.15) is 0 Å². The van der Waals surface area contributed by atoms with Crippen LogP contribution in [0.4, 0.5) is 5.69 Å². The lowest BCUT2D eigenvalue weighted by Gasteiger charge is -2.02. The van der Waals surface area contributed by atoms with Crippen LogP contribution in [0.2, 0.25) is 0 Å². The Morgan fingerprint density at radius 3 is 2.86 bits per heavy atom. The molecule has 1 aromatic carbocycles. The second-order valence-electron chi connectivity index (χ2n) is 3.95. The molecule has 0 aliphatic carbocycles. The van der Waals surface area contributed by atoms with Gasteiger partial charge in [-0.1, -0.05) is 34.6 Å². The largest absolute Gasteiger partial charge is 0.416 e. The van der Waals surface area contributed by atoms with E-state index in [4.69, 9.17) is 4.42 Å². The molecule has 0 unspecified atom stereocenters. The van der Waals surface area contributed by atoms with Crippen molar-refractivity contribution in [2.75, 3.05) is 5.75 Å². The fourth-order valence-corrected chi connectivity index (χ4v) is 2.62. The molecule has 0 amide bonds. The minimum atomic E-state index is -0.540. The van der Waals surface area contributed by atoms with Crippen molar-refractivity contribution in [2.45, 2.75) is 18.6 Å². The number of rotatable bonds is 6. The van der Waals surface area contributed by atoms with Crippen molar-refractivity contribution < 1.29 is 14.1 Å². The Bertz CT molecular complexity index is 689. The maximum absolute atomic E-state index is 12.1. The van der Waals surface area contributed by atoms with Crippen LogP contribution in [0.15, 0.2) is 32.3 Å². The Morgan fingerprint density at radius 1 is 1.48 bits per heavy atom. The Hall–Kier alpha value is -1.74. The summed E-state index contributed by atoms with van der Waals surface area (Å²) >= 11 is 4.32. The number of aromatic nitrogens is 2. The third kappa shape index (κ3) is 3.88. The van der Waals surface area contributed by atoms with Gasteiger partial charge in [-0.05, 0) is 6.07 Å². The van der Waals surface area contributed by atoms with Gasteiger partial charge in [-0.25, -0.2) is 0 Å². The highest BCUT2D eigenvalue weighted by Crippen LogP contribution is 2.25. The average molecular weight is 372 g/mol. The van der Waals surface area contributed by atoms with E-state index in [2.05, 4.69) is 26.1 Å². The van der Waals surface area contributed by atoms with E-state index in [1.807, 2.05) is 6.92 Å². The monoisotopic (exact) mass is 371 g/mol. The summed E-state index contributed by atoms with van der Waals surface area (Å²) < 4.78 is 5.79. The van der Waals surface area contributed by atoms with Crippen molar-refractivity contribution in [1.82, 2.24) is 10.2 Å². The molecule has 0 aliphatic heterocycles. The van der Waals surface area contributed by atoms with Gasteiger partial charge >= 0.3 is 0 Å². The molecular formula is C12H10BrN3O4S. The van der Waals surface area contributed by atoms with Gasteiger partial charge in [-0.15, -0.1) is 10.2 Å².